The van der Waals surface area contributed by atoms with Gasteiger partial charge in [0.05, 0.1) is 10.9 Å². The number of nitrogens with zero attached hydrogens (tertiary/aromatic N) is 1. The Morgan fingerprint density at radius 2 is 1.96 bits per heavy atom. The van der Waals surface area contributed by atoms with Gasteiger partial charge >= 0.3 is 5.63 Å². The zero-order valence-electron chi connectivity index (χ0n) is 13.6. The average molecular weight is 321 g/mol. The van der Waals surface area contributed by atoms with Crippen LogP contribution in [0.15, 0.2) is 51.7 Å². The first-order chi connectivity index (χ1) is 11.6. The van der Waals surface area contributed by atoms with E-state index in [1.54, 1.807) is 6.07 Å². The fourth-order valence-corrected chi connectivity index (χ4v) is 3.54. The molecule has 1 aliphatic heterocycles. The second-order valence-electron chi connectivity index (χ2n) is 6.45. The molecule has 0 aliphatic carbocycles. The highest BCUT2D eigenvalue weighted by Gasteiger charge is 2.24. The highest BCUT2D eigenvalue weighted by molar-refractivity contribution is 5.88. The smallest absolute Gasteiger partial charge is 0.341 e. The summed E-state index contributed by atoms with van der Waals surface area (Å²) in [5.41, 5.74) is 3.90. The predicted molar refractivity (Wildman–Crippen MR) is 93.1 cm³/mol. The van der Waals surface area contributed by atoms with Crippen LogP contribution in [0.1, 0.15) is 22.3 Å². The summed E-state index contributed by atoms with van der Waals surface area (Å²) in [7, 11) is 0. The monoisotopic (exact) mass is 321 g/mol. The maximum absolute atomic E-state index is 12.4. The van der Waals surface area contributed by atoms with E-state index in [1.165, 1.54) is 5.56 Å². The number of aromatic hydroxyl groups is 1. The fraction of sp³-hybridized carbons (Fsp3) is 0.250. The molecule has 0 amide bonds. The van der Waals surface area contributed by atoms with Gasteiger partial charge in [0, 0.05) is 19.6 Å². The molecule has 0 saturated heterocycles. The molecule has 4 nitrogen and oxygen atoms in total. The Morgan fingerprint density at radius 1 is 1.17 bits per heavy atom. The van der Waals surface area contributed by atoms with E-state index in [0.717, 1.165) is 30.6 Å². The molecular weight excluding hydrogens is 302 g/mol. The van der Waals surface area contributed by atoms with Crippen molar-refractivity contribution < 1.29 is 9.52 Å². The number of hydrogen-bond acceptors (Lipinski definition) is 4. The van der Waals surface area contributed by atoms with E-state index in [2.05, 4.69) is 17.0 Å². The lowest BCUT2D eigenvalue weighted by Gasteiger charge is -2.28. The summed E-state index contributed by atoms with van der Waals surface area (Å²) in [5.74, 6) is 0.196. The van der Waals surface area contributed by atoms with Crippen LogP contribution in [0.4, 0.5) is 0 Å². The summed E-state index contributed by atoms with van der Waals surface area (Å²) >= 11 is 0. The number of phenols is 1. The lowest BCUT2D eigenvalue weighted by molar-refractivity contribution is 0.241. The van der Waals surface area contributed by atoms with Crippen LogP contribution in [0, 0.1) is 6.92 Å². The van der Waals surface area contributed by atoms with Crippen molar-refractivity contribution in [1.82, 2.24) is 4.90 Å². The number of fused-ring (bicyclic) bond motifs is 3. The van der Waals surface area contributed by atoms with Gasteiger partial charge in [0.2, 0.25) is 0 Å². The van der Waals surface area contributed by atoms with Crippen LogP contribution >= 0.6 is 0 Å². The number of phenolic OH excluding ortho intramolecular Hbond substituents is 1. The Balaban J connectivity index is 1.74. The Labute approximate surface area is 140 Å². The Kier molecular flexibility index (Phi) is 3.62. The molecular formula is C20H19NO3. The lowest BCUT2D eigenvalue weighted by Crippen LogP contribution is -2.33. The van der Waals surface area contributed by atoms with Gasteiger partial charge in [0.1, 0.15) is 11.3 Å². The topological polar surface area (TPSA) is 53.7 Å². The summed E-state index contributed by atoms with van der Waals surface area (Å²) in [4.78, 5) is 14.7. The lowest BCUT2D eigenvalue weighted by atomic mass is 9.96. The van der Waals surface area contributed by atoms with Crippen LogP contribution in [-0.4, -0.2) is 16.6 Å². The minimum atomic E-state index is -0.291. The summed E-state index contributed by atoms with van der Waals surface area (Å²) in [6.45, 7) is 4.08. The van der Waals surface area contributed by atoms with Gasteiger partial charge in [-0.25, -0.2) is 4.79 Å². The van der Waals surface area contributed by atoms with E-state index in [0.29, 0.717) is 23.1 Å². The van der Waals surface area contributed by atoms with Crippen LogP contribution in [0.2, 0.25) is 0 Å². The molecule has 1 N–H and O–H groups in total. The van der Waals surface area contributed by atoms with E-state index in [9.17, 15) is 9.90 Å². The van der Waals surface area contributed by atoms with Gasteiger partial charge in [-0.3, -0.25) is 4.90 Å². The average Bonchev–Trinajstić information content (AvgIpc) is 2.55. The highest BCUT2D eigenvalue weighted by Crippen LogP contribution is 2.33. The maximum Gasteiger partial charge on any atom is 0.341 e. The van der Waals surface area contributed by atoms with Gasteiger partial charge in [-0.15, -0.1) is 0 Å². The first-order valence-corrected chi connectivity index (χ1v) is 8.16. The normalized spacial score (nSPS) is 14.7. The van der Waals surface area contributed by atoms with E-state index in [4.69, 9.17) is 4.42 Å². The molecule has 0 saturated carbocycles. The zero-order valence-corrected chi connectivity index (χ0v) is 13.6. The van der Waals surface area contributed by atoms with Crippen molar-refractivity contribution in [3.63, 3.8) is 0 Å². The van der Waals surface area contributed by atoms with Gasteiger partial charge in [-0.2, -0.15) is 0 Å². The number of aryl methyl sites for hydroxylation is 1. The number of rotatable bonds is 2. The molecule has 1 aromatic heterocycles. The van der Waals surface area contributed by atoms with Crippen LogP contribution in [0.3, 0.4) is 0 Å². The van der Waals surface area contributed by atoms with Crippen LogP contribution in [0.5, 0.6) is 5.75 Å². The second-order valence-corrected chi connectivity index (χ2v) is 6.45. The number of benzene rings is 2. The third-order valence-corrected chi connectivity index (χ3v) is 4.65. The summed E-state index contributed by atoms with van der Waals surface area (Å²) in [5, 5.41) is 11.0. The van der Waals surface area contributed by atoms with Crippen LogP contribution < -0.4 is 5.63 Å². The molecule has 4 heteroatoms. The van der Waals surface area contributed by atoms with Crippen LogP contribution in [-0.2, 0) is 19.5 Å². The molecule has 0 unspecified atom stereocenters. The maximum atomic E-state index is 12.4. The van der Waals surface area contributed by atoms with Gasteiger partial charge < -0.3 is 9.52 Å². The zero-order chi connectivity index (χ0) is 16.7. The van der Waals surface area contributed by atoms with Crippen molar-refractivity contribution in [3.8, 4) is 5.75 Å². The van der Waals surface area contributed by atoms with Crippen molar-refractivity contribution in [2.75, 3.05) is 6.54 Å². The molecule has 0 atom stereocenters. The standard InChI is InChI=1S/C20H19NO3/c1-13-9-17(22)19-15-7-8-21(11-14-5-3-2-4-6-14)12-16(15)20(23)24-18(19)10-13/h2-6,9-10,22H,7-8,11-12H2,1H3. The van der Waals surface area contributed by atoms with Crippen molar-refractivity contribution in [2.24, 2.45) is 0 Å². The molecule has 3 aromatic rings. The molecule has 0 fully saturated rings. The quantitative estimate of drug-likeness (QED) is 0.735. The van der Waals surface area contributed by atoms with E-state index in [1.807, 2.05) is 31.2 Å². The summed E-state index contributed by atoms with van der Waals surface area (Å²) in [6.07, 6.45) is 0.737. The largest absolute Gasteiger partial charge is 0.507 e. The van der Waals surface area contributed by atoms with Crippen molar-refractivity contribution >= 4 is 11.0 Å². The third kappa shape index (κ3) is 2.59. The van der Waals surface area contributed by atoms with Crippen molar-refractivity contribution in [3.05, 3.63) is 75.1 Å². The van der Waals surface area contributed by atoms with Gasteiger partial charge in [-0.05, 0) is 42.2 Å². The molecule has 24 heavy (non-hydrogen) atoms. The van der Waals surface area contributed by atoms with Gasteiger partial charge in [0.25, 0.3) is 0 Å². The Bertz CT molecular complexity index is 960. The minimum absolute atomic E-state index is 0.196. The molecule has 0 spiro atoms. The van der Waals surface area contributed by atoms with Gasteiger partial charge in [0.15, 0.2) is 0 Å². The van der Waals surface area contributed by atoms with Crippen molar-refractivity contribution in [2.45, 2.75) is 26.4 Å². The summed E-state index contributed by atoms with van der Waals surface area (Å²) < 4.78 is 5.48. The van der Waals surface area contributed by atoms with E-state index in [-0.39, 0.29) is 11.4 Å². The first-order valence-electron chi connectivity index (χ1n) is 8.16. The van der Waals surface area contributed by atoms with E-state index >= 15 is 0 Å². The van der Waals surface area contributed by atoms with Crippen molar-refractivity contribution in [1.29, 1.82) is 0 Å². The minimum Gasteiger partial charge on any atom is -0.507 e. The SMILES string of the molecule is Cc1cc(O)c2c3c(c(=O)oc2c1)CN(Cc1ccccc1)CC3. The molecule has 1 aliphatic rings. The number of hydrogen-bond donors (Lipinski definition) is 1. The Hall–Kier alpha value is -2.59. The van der Waals surface area contributed by atoms with E-state index < -0.39 is 0 Å². The molecule has 2 heterocycles. The van der Waals surface area contributed by atoms with Crippen LogP contribution in [0.25, 0.3) is 11.0 Å². The third-order valence-electron chi connectivity index (χ3n) is 4.65. The molecule has 2 aromatic carbocycles. The first kappa shape index (κ1) is 15.0. The molecule has 0 radical (unpaired) electrons. The molecule has 4 rings (SSSR count). The predicted octanol–water partition coefficient (Wildman–Crippen LogP) is 3.37. The molecule has 122 valence electrons. The highest BCUT2D eigenvalue weighted by atomic mass is 16.4. The summed E-state index contributed by atoms with van der Waals surface area (Å²) in [6, 6.07) is 13.8. The fourth-order valence-electron chi connectivity index (χ4n) is 3.54. The second kappa shape index (κ2) is 5.80. The Morgan fingerprint density at radius 3 is 2.75 bits per heavy atom. The molecule has 0 bridgehead atoms. The van der Waals surface area contributed by atoms with Gasteiger partial charge in [-0.1, -0.05) is 30.3 Å².